The monoisotopic (exact) mass is 299 g/mol. The molecular formula is C7H10INO4. The highest BCUT2D eigenvalue weighted by molar-refractivity contribution is 14.1. The number of hydrogen-bond acceptors (Lipinski definition) is 3. The fraction of sp³-hybridized carbons (Fsp3) is 0.714. The van der Waals surface area contributed by atoms with Gasteiger partial charge in [-0.1, -0.05) is 22.6 Å². The summed E-state index contributed by atoms with van der Waals surface area (Å²) in [5.74, 6) is -1.28. The number of hydrogen-bond donors (Lipinski definition) is 2. The third kappa shape index (κ3) is 2.31. The fourth-order valence-electron chi connectivity index (χ4n) is 1.40. The van der Waals surface area contributed by atoms with Gasteiger partial charge >= 0.3 is 5.97 Å². The van der Waals surface area contributed by atoms with Crippen LogP contribution < -0.4 is 0 Å². The average molecular weight is 299 g/mol. The number of aliphatic hydroxyl groups is 1. The topological polar surface area (TPSA) is 77.8 Å². The van der Waals surface area contributed by atoms with Crippen LogP contribution in [-0.2, 0) is 9.59 Å². The molecule has 0 aromatic carbocycles. The summed E-state index contributed by atoms with van der Waals surface area (Å²) in [6.07, 6.45) is -0.564. The van der Waals surface area contributed by atoms with Gasteiger partial charge in [-0.2, -0.15) is 0 Å². The number of amides is 1. The van der Waals surface area contributed by atoms with Gasteiger partial charge in [0.1, 0.15) is 6.04 Å². The number of likely N-dealkylation sites (tertiary alicyclic amines) is 1. The SMILES string of the molecule is O=C(O)[C@@H]1C[C@@H](O)CN1C(=O)CI. The molecule has 1 aliphatic rings. The van der Waals surface area contributed by atoms with E-state index in [4.69, 9.17) is 5.11 Å². The van der Waals surface area contributed by atoms with Crippen molar-refractivity contribution in [3.63, 3.8) is 0 Å². The van der Waals surface area contributed by atoms with Crippen LogP contribution in [0.1, 0.15) is 6.42 Å². The first-order chi connectivity index (χ1) is 6.06. The minimum absolute atomic E-state index is 0.137. The number of nitrogens with zero attached hydrogens (tertiary/aromatic N) is 1. The summed E-state index contributed by atoms with van der Waals surface area (Å²) in [4.78, 5) is 23.1. The lowest BCUT2D eigenvalue weighted by Crippen LogP contribution is -2.41. The molecule has 5 nitrogen and oxygen atoms in total. The third-order valence-corrected chi connectivity index (χ3v) is 2.65. The van der Waals surface area contributed by atoms with Crippen molar-refractivity contribution >= 4 is 34.5 Å². The van der Waals surface area contributed by atoms with E-state index in [0.717, 1.165) is 0 Å². The second-order valence-electron chi connectivity index (χ2n) is 2.92. The number of halogens is 1. The Morgan fingerprint density at radius 1 is 1.54 bits per heavy atom. The largest absolute Gasteiger partial charge is 0.480 e. The zero-order valence-electron chi connectivity index (χ0n) is 6.81. The molecule has 1 fully saturated rings. The summed E-state index contributed by atoms with van der Waals surface area (Å²) in [5.41, 5.74) is 0. The number of aliphatic carboxylic acids is 1. The molecule has 0 radical (unpaired) electrons. The number of aliphatic hydroxyl groups excluding tert-OH is 1. The van der Waals surface area contributed by atoms with Crippen molar-refractivity contribution in [3.05, 3.63) is 0 Å². The summed E-state index contributed by atoms with van der Waals surface area (Å²) in [7, 11) is 0. The molecule has 0 unspecified atom stereocenters. The molecule has 1 saturated heterocycles. The first-order valence-corrected chi connectivity index (χ1v) is 5.35. The van der Waals surface area contributed by atoms with Crippen LogP contribution in [0.4, 0.5) is 0 Å². The molecule has 6 heteroatoms. The number of carboxylic acid groups (broad SMARTS) is 1. The highest BCUT2D eigenvalue weighted by Crippen LogP contribution is 2.18. The van der Waals surface area contributed by atoms with Crippen LogP contribution in [0.25, 0.3) is 0 Å². The lowest BCUT2D eigenvalue weighted by atomic mass is 10.2. The van der Waals surface area contributed by atoms with Gasteiger partial charge < -0.3 is 15.1 Å². The number of carbonyl (C=O) groups is 2. The minimum atomic E-state index is -1.05. The molecule has 1 heterocycles. The van der Waals surface area contributed by atoms with Gasteiger partial charge in [0.15, 0.2) is 0 Å². The predicted molar refractivity (Wildman–Crippen MR) is 52.6 cm³/mol. The lowest BCUT2D eigenvalue weighted by molar-refractivity contribution is -0.147. The first-order valence-electron chi connectivity index (χ1n) is 3.82. The van der Waals surface area contributed by atoms with Crippen molar-refractivity contribution in [3.8, 4) is 0 Å². The minimum Gasteiger partial charge on any atom is -0.480 e. The molecule has 0 spiro atoms. The van der Waals surface area contributed by atoms with Crippen molar-refractivity contribution in [2.45, 2.75) is 18.6 Å². The van der Waals surface area contributed by atoms with Gasteiger partial charge in [0.2, 0.25) is 5.91 Å². The Bertz CT molecular complexity index is 233. The molecule has 0 saturated carbocycles. The summed E-state index contributed by atoms with van der Waals surface area (Å²) < 4.78 is 0.244. The van der Waals surface area contributed by atoms with Gasteiger partial charge in [-0.15, -0.1) is 0 Å². The van der Waals surface area contributed by atoms with Gasteiger partial charge in [0, 0.05) is 13.0 Å². The quantitative estimate of drug-likeness (QED) is 0.531. The Morgan fingerprint density at radius 2 is 2.15 bits per heavy atom. The maximum absolute atomic E-state index is 11.2. The lowest BCUT2D eigenvalue weighted by Gasteiger charge is -2.19. The second-order valence-corrected chi connectivity index (χ2v) is 3.69. The number of alkyl halides is 1. The van der Waals surface area contributed by atoms with E-state index < -0.39 is 18.1 Å². The molecule has 0 aliphatic carbocycles. The summed E-state index contributed by atoms with van der Waals surface area (Å²) in [6.45, 7) is 0.138. The maximum Gasteiger partial charge on any atom is 0.326 e. The predicted octanol–water partition coefficient (Wildman–Crippen LogP) is -0.532. The number of rotatable bonds is 2. The van der Waals surface area contributed by atoms with Crippen LogP contribution in [0, 0.1) is 0 Å². The Hall–Kier alpha value is -0.370. The van der Waals surface area contributed by atoms with Crippen molar-refractivity contribution in [1.82, 2.24) is 4.90 Å². The number of carbonyl (C=O) groups excluding carboxylic acids is 1. The second kappa shape index (κ2) is 4.23. The van der Waals surface area contributed by atoms with E-state index in [1.54, 1.807) is 0 Å². The van der Waals surface area contributed by atoms with Gasteiger partial charge in [-0.25, -0.2) is 4.79 Å². The Labute approximate surface area is 88.9 Å². The first kappa shape index (κ1) is 10.7. The van der Waals surface area contributed by atoms with E-state index in [-0.39, 0.29) is 23.3 Å². The van der Waals surface area contributed by atoms with Gasteiger partial charge in [-0.3, -0.25) is 4.79 Å². The number of carboxylic acids is 1. The van der Waals surface area contributed by atoms with Crippen LogP contribution in [0.3, 0.4) is 0 Å². The van der Waals surface area contributed by atoms with Crippen molar-refractivity contribution in [2.75, 3.05) is 11.0 Å². The highest BCUT2D eigenvalue weighted by Gasteiger charge is 2.38. The van der Waals surface area contributed by atoms with E-state index in [0.29, 0.717) is 0 Å². The van der Waals surface area contributed by atoms with Crippen LogP contribution >= 0.6 is 22.6 Å². The number of β-amino-alcohol motifs (C(OH)–C–C–N with tert-alkyl or cyclic N) is 1. The third-order valence-electron chi connectivity index (χ3n) is 2.00. The molecular weight excluding hydrogens is 289 g/mol. The molecule has 1 rings (SSSR count). The fourth-order valence-corrected chi connectivity index (χ4v) is 1.84. The van der Waals surface area contributed by atoms with Gasteiger partial charge in [-0.05, 0) is 0 Å². The highest BCUT2D eigenvalue weighted by atomic mass is 127. The Morgan fingerprint density at radius 3 is 2.62 bits per heavy atom. The standard InChI is InChI=1S/C7H10INO4/c8-2-6(11)9-3-4(10)1-5(9)7(12)13/h4-5,10H,1-3H2,(H,12,13)/t4-,5+/m1/s1. The van der Waals surface area contributed by atoms with Crippen molar-refractivity contribution in [2.24, 2.45) is 0 Å². The molecule has 0 aromatic heterocycles. The summed E-state index contributed by atoms with van der Waals surface area (Å²) >= 11 is 1.88. The van der Waals surface area contributed by atoms with Crippen LogP contribution in [0.2, 0.25) is 0 Å². The molecule has 1 aliphatic heterocycles. The summed E-state index contributed by atoms with van der Waals surface area (Å²) in [6, 6.07) is -0.850. The van der Waals surface area contributed by atoms with Crippen molar-refractivity contribution in [1.29, 1.82) is 0 Å². The molecule has 13 heavy (non-hydrogen) atoms. The maximum atomic E-state index is 11.2. The van der Waals surface area contributed by atoms with Gasteiger partial charge in [0.25, 0.3) is 0 Å². The van der Waals surface area contributed by atoms with Crippen molar-refractivity contribution < 1.29 is 19.8 Å². The average Bonchev–Trinajstić information content (AvgIpc) is 2.46. The van der Waals surface area contributed by atoms with E-state index in [1.165, 1.54) is 4.90 Å². The van der Waals surface area contributed by atoms with Gasteiger partial charge in [0.05, 0.1) is 10.5 Å². The van der Waals surface area contributed by atoms with E-state index in [9.17, 15) is 14.7 Å². The Kier molecular flexibility index (Phi) is 3.48. The van der Waals surface area contributed by atoms with Crippen LogP contribution in [0.5, 0.6) is 0 Å². The molecule has 0 aromatic rings. The smallest absolute Gasteiger partial charge is 0.326 e. The molecule has 2 atom stereocenters. The van der Waals surface area contributed by atoms with E-state index in [1.807, 2.05) is 22.6 Å². The van der Waals surface area contributed by atoms with Crippen LogP contribution in [-0.4, -0.2) is 50.1 Å². The zero-order chi connectivity index (χ0) is 10.0. The van der Waals surface area contributed by atoms with Crippen LogP contribution in [0.15, 0.2) is 0 Å². The zero-order valence-corrected chi connectivity index (χ0v) is 8.97. The molecule has 1 amide bonds. The molecule has 0 bridgehead atoms. The molecule has 2 N–H and O–H groups in total. The van der Waals surface area contributed by atoms with E-state index >= 15 is 0 Å². The summed E-state index contributed by atoms with van der Waals surface area (Å²) in [5, 5.41) is 17.9. The normalized spacial score (nSPS) is 27.7. The molecule has 74 valence electrons. The van der Waals surface area contributed by atoms with E-state index in [2.05, 4.69) is 0 Å². The Balaban J connectivity index is 2.71.